The van der Waals surface area contributed by atoms with Crippen molar-refractivity contribution in [1.29, 1.82) is 0 Å². The molecule has 1 saturated heterocycles. The number of aromatic amines is 1. The van der Waals surface area contributed by atoms with Crippen molar-refractivity contribution in [3.05, 3.63) is 46.7 Å². The van der Waals surface area contributed by atoms with Crippen molar-refractivity contribution in [2.45, 2.75) is 51.0 Å². The molecule has 1 fully saturated rings. The van der Waals surface area contributed by atoms with E-state index >= 15 is 0 Å². The summed E-state index contributed by atoms with van der Waals surface area (Å²) < 4.78 is 16.5. The van der Waals surface area contributed by atoms with E-state index in [9.17, 15) is 9.59 Å². The van der Waals surface area contributed by atoms with E-state index in [-0.39, 0.29) is 24.4 Å². The van der Waals surface area contributed by atoms with Crippen LogP contribution in [-0.2, 0) is 15.9 Å². The van der Waals surface area contributed by atoms with Gasteiger partial charge in [-0.25, -0.2) is 4.79 Å². The zero-order chi connectivity index (χ0) is 18.1. The maximum absolute atomic E-state index is 12.6. The highest BCUT2D eigenvalue weighted by atomic mass is 16.6. The van der Waals surface area contributed by atoms with Crippen LogP contribution in [0.25, 0.3) is 0 Å². The molecule has 0 amide bonds. The number of aromatic nitrogens is 1. The average Bonchev–Trinajstić information content (AvgIpc) is 3.29. The van der Waals surface area contributed by atoms with Crippen molar-refractivity contribution in [3.8, 4) is 0 Å². The van der Waals surface area contributed by atoms with Crippen LogP contribution in [0.5, 0.6) is 0 Å². The minimum Gasteiger partial charge on any atom is -0.469 e. The van der Waals surface area contributed by atoms with Gasteiger partial charge in [0.1, 0.15) is 18.1 Å². The van der Waals surface area contributed by atoms with Gasteiger partial charge in [0.15, 0.2) is 5.78 Å². The highest BCUT2D eigenvalue weighted by Crippen LogP contribution is 2.35. The zero-order valence-electron chi connectivity index (χ0n) is 14.9. The van der Waals surface area contributed by atoms with E-state index in [0.29, 0.717) is 29.7 Å². The molecule has 0 radical (unpaired) electrons. The topological polar surface area (TPSA) is 81.5 Å². The second-order valence-electron chi connectivity index (χ2n) is 7.11. The standard InChI is InChI=1S/C20H23NO5/c1-12-18-15(9-13(10-16(18)22)17-6-4-8-25-17)21-19(12)20(23)26-11-14-5-2-3-7-24-14/h4,6,8,13-14,21H,2-3,5,7,9-11H2,1H3. The number of ether oxygens (including phenoxy) is 2. The quantitative estimate of drug-likeness (QED) is 0.846. The largest absolute Gasteiger partial charge is 0.469 e. The third-order valence-corrected chi connectivity index (χ3v) is 5.31. The first kappa shape index (κ1) is 17.1. The Morgan fingerprint density at radius 3 is 2.96 bits per heavy atom. The molecule has 4 rings (SSSR count). The Hall–Kier alpha value is -2.34. The lowest BCUT2D eigenvalue weighted by Crippen LogP contribution is -2.26. The number of esters is 1. The molecule has 0 spiro atoms. The molecule has 138 valence electrons. The third-order valence-electron chi connectivity index (χ3n) is 5.31. The number of hydrogen-bond donors (Lipinski definition) is 1. The molecule has 0 saturated carbocycles. The van der Waals surface area contributed by atoms with Gasteiger partial charge in [-0.05, 0) is 50.3 Å². The molecule has 0 aromatic carbocycles. The molecule has 2 aliphatic rings. The monoisotopic (exact) mass is 357 g/mol. The predicted octanol–water partition coefficient (Wildman–Crippen LogP) is 3.55. The van der Waals surface area contributed by atoms with E-state index in [1.165, 1.54) is 0 Å². The van der Waals surface area contributed by atoms with Crippen molar-refractivity contribution in [2.24, 2.45) is 0 Å². The molecule has 2 aromatic heterocycles. The molecule has 3 heterocycles. The fraction of sp³-hybridized carbons (Fsp3) is 0.500. The number of furan rings is 1. The molecule has 6 nitrogen and oxygen atoms in total. The highest BCUT2D eigenvalue weighted by molar-refractivity contribution is 6.03. The number of ketones is 1. The van der Waals surface area contributed by atoms with Crippen LogP contribution in [0.1, 0.15) is 69.5 Å². The first-order valence-electron chi connectivity index (χ1n) is 9.20. The van der Waals surface area contributed by atoms with Crippen LogP contribution in [0.3, 0.4) is 0 Å². The summed E-state index contributed by atoms with van der Waals surface area (Å²) in [5.74, 6) is 0.418. The van der Waals surface area contributed by atoms with Gasteiger partial charge in [0.2, 0.25) is 0 Å². The smallest absolute Gasteiger partial charge is 0.355 e. The molecule has 1 N–H and O–H groups in total. The molecule has 0 bridgehead atoms. The first-order valence-corrected chi connectivity index (χ1v) is 9.20. The second-order valence-corrected chi connectivity index (χ2v) is 7.11. The van der Waals surface area contributed by atoms with Crippen molar-refractivity contribution in [2.75, 3.05) is 13.2 Å². The van der Waals surface area contributed by atoms with Gasteiger partial charge in [0, 0.05) is 30.2 Å². The van der Waals surface area contributed by atoms with Gasteiger partial charge in [-0.15, -0.1) is 0 Å². The van der Waals surface area contributed by atoms with Gasteiger partial charge in [-0.3, -0.25) is 4.79 Å². The molecule has 26 heavy (non-hydrogen) atoms. The summed E-state index contributed by atoms with van der Waals surface area (Å²) in [5.41, 5.74) is 2.48. The number of carbonyl (C=O) groups is 2. The van der Waals surface area contributed by atoms with E-state index in [2.05, 4.69) is 4.98 Å². The summed E-state index contributed by atoms with van der Waals surface area (Å²) in [6.45, 7) is 2.78. The molecule has 2 atom stereocenters. The number of rotatable bonds is 4. The Morgan fingerprint density at radius 2 is 2.23 bits per heavy atom. The Kier molecular flexibility index (Phi) is 4.68. The lowest BCUT2D eigenvalue weighted by Gasteiger charge is -2.21. The molecule has 6 heteroatoms. The van der Waals surface area contributed by atoms with Gasteiger partial charge in [-0.1, -0.05) is 0 Å². The third kappa shape index (κ3) is 3.21. The maximum Gasteiger partial charge on any atom is 0.355 e. The van der Waals surface area contributed by atoms with Crippen LogP contribution < -0.4 is 0 Å². The number of Topliss-reactive ketones (excluding diaryl/α,β-unsaturated/α-hetero) is 1. The fourth-order valence-electron chi connectivity index (χ4n) is 3.94. The van der Waals surface area contributed by atoms with Crippen LogP contribution in [0, 0.1) is 6.92 Å². The van der Waals surface area contributed by atoms with Gasteiger partial charge in [-0.2, -0.15) is 0 Å². The summed E-state index contributed by atoms with van der Waals surface area (Å²) >= 11 is 0. The van der Waals surface area contributed by atoms with Gasteiger partial charge >= 0.3 is 5.97 Å². The number of H-pyrrole nitrogens is 1. The highest BCUT2D eigenvalue weighted by Gasteiger charge is 2.33. The number of hydrogen-bond acceptors (Lipinski definition) is 5. The summed E-state index contributed by atoms with van der Waals surface area (Å²) in [7, 11) is 0. The van der Waals surface area contributed by atoms with E-state index in [4.69, 9.17) is 13.9 Å². The molecule has 1 aliphatic heterocycles. The lowest BCUT2D eigenvalue weighted by atomic mass is 9.84. The van der Waals surface area contributed by atoms with E-state index < -0.39 is 5.97 Å². The van der Waals surface area contributed by atoms with Crippen molar-refractivity contribution >= 4 is 11.8 Å². The van der Waals surface area contributed by atoms with E-state index in [0.717, 1.165) is 37.3 Å². The minimum atomic E-state index is -0.423. The normalized spacial score (nSPS) is 22.9. The van der Waals surface area contributed by atoms with Gasteiger partial charge in [0.05, 0.1) is 12.4 Å². The Bertz CT molecular complexity index is 799. The van der Waals surface area contributed by atoms with Crippen LogP contribution in [-0.4, -0.2) is 36.1 Å². The van der Waals surface area contributed by atoms with Gasteiger partial charge in [0.25, 0.3) is 0 Å². The second kappa shape index (κ2) is 7.11. The summed E-state index contributed by atoms with van der Waals surface area (Å²) in [4.78, 5) is 28.3. The Morgan fingerprint density at radius 1 is 1.35 bits per heavy atom. The van der Waals surface area contributed by atoms with Crippen LogP contribution >= 0.6 is 0 Å². The molecule has 2 unspecified atom stereocenters. The zero-order valence-corrected chi connectivity index (χ0v) is 14.9. The Labute approximate surface area is 151 Å². The van der Waals surface area contributed by atoms with Gasteiger partial charge < -0.3 is 18.9 Å². The number of nitrogens with one attached hydrogen (secondary N) is 1. The fourth-order valence-corrected chi connectivity index (χ4v) is 3.94. The van der Waals surface area contributed by atoms with Crippen LogP contribution in [0.2, 0.25) is 0 Å². The van der Waals surface area contributed by atoms with E-state index in [1.54, 1.807) is 13.2 Å². The number of carbonyl (C=O) groups excluding carboxylic acids is 2. The van der Waals surface area contributed by atoms with Crippen molar-refractivity contribution in [3.63, 3.8) is 0 Å². The van der Waals surface area contributed by atoms with Crippen LogP contribution in [0.15, 0.2) is 22.8 Å². The lowest BCUT2D eigenvalue weighted by molar-refractivity contribution is -0.0302. The number of fused-ring (bicyclic) bond motifs is 1. The minimum absolute atomic E-state index is 0.00237. The molecular formula is C20H23NO5. The molecule has 2 aromatic rings. The molecular weight excluding hydrogens is 334 g/mol. The average molecular weight is 357 g/mol. The summed E-state index contributed by atoms with van der Waals surface area (Å²) in [6, 6.07) is 3.71. The SMILES string of the molecule is Cc1c(C(=O)OCC2CCCCO2)[nH]c2c1C(=O)CC(c1ccco1)C2. The summed E-state index contributed by atoms with van der Waals surface area (Å²) in [6.07, 6.45) is 5.70. The van der Waals surface area contributed by atoms with Crippen molar-refractivity contribution < 1.29 is 23.5 Å². The maximum atomic E-state index is 12.6. The summed E-state index contributed by atoms with van der Waals surface area (Å²) in [5, 5.41) is 0. The first-order chi connectivity index (χ1) is 12.6. The van der Waals surface area contributed by atoms with Crippen LogP contribution in [0.4, 0.5) is 0 Å². The van der Waals surface area contributed by atoms with Crippen molar-refractivity contribution in [1.82, 2.24) is 4.98 Å². The molecule has 1 aliphatic carbocycles. The predicted molar refractivity (Wildman–Crippen MR) is 93.5 cm³/mol. The Balaban J connectivity index is 1.49. The van der Waals surface area contributed by atoms with E-state index in [1.807, 2.05) is 12.1 Å².